The molecule has 0 heterocycles. The highest BCUT2D eigenvalue weighted by molar-refractivity contribution is 6.00. The number of ether oxygens (including phenoxy) is 1. The number of carbonyl (C=O) groups excluding carboxylic acids is 2. The van der Waals surface area contributed by atoms with Crippen molar-refractivity contribution in [3.8, 4) is 0 Å². The summed E-state index contributed by atoms with van der Waals surface area (Å²) in [6.45, 7) is 23.5. The molecule has 2 N–H and O–H groups in total. The Balaban J connectivity index is 1.26. The number of esters is 1. The van der Waals surface area contributed by atoms with Gasteiger partial charge in [0.1, 0.15) is 6.10 Å². The van der Waals surface area contributed by atoms with E-state index in [1.807, 2.05) is 0 Å². The van der Waals surface area contributed by atoms with Gasteiger partial charge in [0.2, 0.25) is 0 Å². The molecule has 0 aliphatic heterocycles. The molecule has 5 fully saturated rings. The van der Waals surface area contributed by atoms with Crippen molar-refractivity contribution in [1.82, 2.24) is 9.80 Å². The molecule has 324 valence electrons. The smallest absolute Gasteiger partial charge is 0.309 e. The van der Waals surface area contributed by atoms with Gasteiger partial charge in [-0.25, -0.2) is 0 Å². The molecule has 57 heavy (non-hydrogen) atoms. The van der Waals surface area contributed by atoms with Gasteiger partial charge in [-0.2, -0.15) is 0 Å². The number of carboxylic acids is 1. The molecule has 0 saturated heterocycles. The minimum atomic E-state index is -1.16. The number of nitrogens with zero attached hydrogens (tertiary/aromatic N) is 2. The molecule has 0 aromatic carbocycles. The lowest BCUT2D eigenvalue weighted by Crippen LogP contribution is -2.66. The quantitative estimate of drug-likeness (QED) is 0.168. The molecular formula is C49H82N2O6. The number of fused-ring (bicyclic) bond motifs is 7. The number of carboxylic acid groups (broad SMARTS) is 1. The second kappa shape index (κ2) is 16.3. The van der Waals surface area contributed by atoms with E-state index in [1.165, 1.54) is 44.1 Å². The number of aliphatic carboxylic acids is 1. The molecule has 0 spiro atoms. The normalized spacial score (nSPS) is 37.5. The topological polar surface area (TPSA) is 107 Å². The predicted molar refractivity (Wildman–Crippen MR) is 228 cm³/mol. The van der Waals surface area contributed by atoms with Gasteiger partial charge in [-0.3, -0.25) is 19.3 Å². The van der Waals surface area contributed by atoms with Gasteiger partial charge in [0.25, 0.3) is 0 Å². The third kappa shape index (κ3) is 7.86. The van der Waals surface area contributed by atoms with Crippen LogP contribution in [0.15, 0.2) is 11.1 Å². The number of hydrogen-bond acceptors (Lipinski definition) is 7. The first-order chi connectivity index (χ1) is 26.5. The number of likely N-dealkylation sites (N-methyl/N-ethyl adjacent to an activating group) is 1. The van der Waals surface area contributed by atoms with Crippen LogP contribution >= 0.6 is 0 Å². The average Bonchev–Trinajstić information content (AvgIpc) is 3.44. The van der Waals surface area contributed by atoms with E-state index in [4.69, 9.17) is 4.74 Å². The van der Waals surface area contributed by atoms with Gasteiger partial charge in [0.05, 0.1) is 17.9 Å². The van der Waals surface area contributed by atoms with Crippen molar-refractivity contribution in [2.75, 3.05) is 40.3 Å². The second-order valence-corrected chi connectivity index (χ2v) is 23.0. The molecule has 8 heteroatoms. The van der Waals surface area contributed by atoms with Crippen LogP contribution in [0.2, 0.25) is 0 Å². The Morgan fingerprint density at radius 3 is 2.16 bits per heavy atom. The van der Waals surface area contributed by atoms with E-state index in [0.717, 1.165) is 82.5 Å². The Morgan fingerprint density at radius 2 is 1.53 bits per heavy atom. The number of rotatable bonds is 14. The van der Waals surface area contributed by atoms with Gasteiger partial charge >= 0.3 is 11.9 Å². The fourth-order valence-corrected chi connectivity index (χ4v) is 14.8. The molecule has 0 unspecified atom stereocenters. The Bertz CT molecular complexity index is 1540. The standard InChI is InChI=1S/C49H82N2O6/c1-32(2)41-35(52)29-49(38(53)31-51(28-27-50(10)11)26-21-33-15-13-12-14-16-33)25-24-47(8)34(42(41)49)17-18-37-46(7)22-20-39(57-40(54)30-44(3,4)43(55)56)45(5,6)36(46)19-23-48(37,47)9/h32-34,36-39,53H,12-31H2,1-11H3,(H,55,56)/t34-,36+,37-,38+,39+,46+,47-,48-,49+/m1/s1. The number of ketones is 1. The first-order valence-corrected chi connectivity index (χ1v) is 23.3. The summed E-state index contributed by atoms with van der Waals surface area (Å²) < 4.78 is 6.21. The van der Waals surface area contributed by atoms with Crippen LogP contribution in [0.3, 0.4) is 0 Å². The highest BCUT2D eigenvalue weighted by Gasteiger charge is 2.71. The summed E-state index contributed by atoms with van der Waals surface area (Å²) in [7, 11) is 4.28. The monoisotopic (exact) mass is 795 g/mol. The summed E-state index contributed by atoms with van der Waals surface area (Å²) in [5.74, 6) is 1.00. The third-order valence-electron chi connectivity index (χ3n) is 18.4. The summed E-state index contributed by atoms with van der Waals surface area (Å²) in [6.07, 6.45) is 15.5. The average molecular weight is 795 g/mol. The van der Waals surface area contributed by atoms with Crippen LogP contribution in [0, 0.1) is 62.1 Å². The molecule has 6 aliphatic carbocycles. The minimum Gasteiger partial charge on any atom is -0.481 e. The lowest BCUT2D eigenvalue weighted by molar-refractivity contribution is -0.235. The van der Waals surface area contributed by atoms with Crippen LogP contribution in [0.5, 0.6) is 0 Å². The van der Waals surface area contributed by atoms with Crippen molar-refractivity contribution >= 4 is 17.7 Å². The van der Waals surface area contributed by atoms with Gasteiger partial charge in [-0.15, -0.1) is 0 Å². The van der Waals surface area contributed by atoms with E-state index in [2.05, 4.69) is 72.4 Å². The van der Waals surface area contributed by atoms with E-state index in [1.54, 1.807) is 13.8 Å². The van der Waals surface area contributed by atoms with Crippen molar-refractivity contribution < 1.29 is 29.3 Å². The Hall–Kier alpha value is -1.77. The molecule has 0 aromatic rings. The highest BCUT2D eigenvalue weighted by atomic mass is 16.5. The first-order valence-electron chi connectivity index (χ1n) is 23.3. The lowest BCUT2D eigenvalue weighted by Gasteiger charge is -2.72. The molecular weight excluding hydrogens is 713 g/mol. The Labute approximate surface area is 346 Å². The molecule has 5 saturated carbocycles. The molecule has 0 amide bonds. The maximum atomic E-state index is 14.3. The zero-order chi connectivity index (χ0) is 41.9. The van der Waals surface area contributed by atoms with Gasteiger partial charge in [-0.1, -0.05) is 86.1 Å². The molecule has 6 aliphatic rings. The fraction of sp³-hybridized carbons (Fsp3) is 0.898. The van der Waals surface area contributed by atoms with Gasteiger partial charge in [0.15, 0.2) is 5.78 Å². The van der Waals surface area contributed by atoms with Crippen molar-refractivity contribution in [2.24, 2.45) is 62.1 Å². The molecule has 0 radical (unpaired) electrons. The SMILES string of the molecule is CC(C)C1=C2[C@H]3CC[C@@H]4[C@@]5(C)CC[C@H](OC(=O)CC(C)(C)C(=O)O)C(C)(C)[C@@H]5CC[C@@]4(C)[C@]3(C)CC[C@@]2([C@@H](O)CN(CCC2CCCCC2)CCN(C)C)CC1=O. The molecule has 6 rings (SSSR count). The van der Waals surface area contributed by atoms with Crippen LogP contribution in [-0.4, -0.2) is 90.2 Å². The molecule has 0 aromatic heterocycles. The van der Waals surface area contributed by atoms with Crippen molar-refractivity contribution in [3.63, 3.8) is 0 Å². The van der Waals surface area contributed by atoms with Crippen molar-refractivity contribution in [3.05, 3.63) is 11.1 Å². The van der Waals surface area contributed by atoms with Crippen LogP contribution in [0.25, 0.3) is 0 Å². The van der Waals surface area contributed by atoms with Gasteiger partial charge in [0, 0.05) is 36.9 Å². The van der Waals surface area contributed by atoms with E-state index in [-0.39, 0.29) is 51.8 Å². The third-order valence-corrected chi connectivity index (χ3v) is 18.4. The Morgan fingerprint density at radius 1 is 0.842 bits per heavy atom. The van der Waals surface area contributed by atoms with Crippen LogP contribution in [0.4, 0.5) is 0 Å². The highest BCUT2D eigenvalue weighted by Crippen LogP contribution is 2.77. The summed E-state index contributed by atoms with van der Waals surface area (Å²) in [5, 5.41) is 22.4. The number of Topliss-reactive ketones (excluding diaryl/α,β-unsaturated/α-hetero) is 1. The molecule has 9 atom stereocenters. The zero-order valence-electron chi connectivity index (χ0n) is 38.1. The first kappa shape index (κ1) is 44.8. The summed E-state index contributed by atoms with van der Waals surface area (Å²) in [4.78, 5) is 44.1. The second-order valence-electron chi connectivity index (χ2n) is 23.0. The summed E-state index contributed by atoms with van der Waals surface area (Å²) in [5.41, 5.74) is 0.685. The Kier molecular flexibility index (Phi) is 12.8. The fourth-order valence-electron chi connectivity index (χ4n) is 14.8. The van der Waals surface area contributed by atoms with Crippen LogP contribution in [0.1, 0.15) is 165 Å². The van der Waals surface area contributed by atoms with Crippen molar-refractivity contribution in [1.29, 1.82) is 0 Å². The number of aliphatic hydroxyl groups excluding tert-OH is 1. The maximum Gasteiger partial charge on any atom is 0.309 e. The van der Waals surface area contributed by atoms with E-state index in [0.29, 0.717) is 24.8 Å². The van der Waals surface area contributed by atoms with Gasteiger partial charge < -0.3 is 19.8 Å². The largest absolute Gasteiger partial charge is 0.481 e. The predicted octanol–water partition coefficient (Wildman–Crippen LogP) is 9.57. The zero-order valence-corrected chi connectivity index (χ0v) is 38.1. The summed E-state index contributed by atoms with van der Waals surface area (Å²) >= 11 is 0. The van der Waals surface area contributed by atoms with Crippen LogP contribution in [-0.2, 0) is 19.1 Å². The number of allylic oxidation sites excluding steroid dienone is 1. The van der Waals surface area contributed by atoms with E-state index >= 15 is 0 Å². The van der Waals surface area contributed by atoms with E-state index < -0.39 is 28.9 Å². The number of hydrogen-bond donors (Lipinski definition) is 2. The van der Waals surface area contributed by atoms with Gasteiger partial charge in [-0.05, 0) is 144 Å². The number of aliphatic hydroxyl groups is 1. The minimum absolute atomic E-state index is 0.00861. The molecule has 8 nitrogen and oxygen atoms in total. The summed E-state index contributed by atoms with van der Waals surface area (Å²) in [6, 6.07) is 0. The van der Waals surface area contributed by atoms with Crippen LogP contribution < -0.4 is 0 Å². The van der Waals surface area contributed by atoms with Crippen molar-refractivity contribution in [2.45, 2.75) is 177 Å². The molecule has 0 bridgehead atoms. The van der Waals surface area contributed by atoms with E-state index in [9.17, 15) is 24.6 Å². The number of carbonyl (C=O) groups is 3. The maximum absolute atomic E-state index is 14.3. The lowest BCUT2D eigenvalue weighted by atomic mass is 9.33.